The van der Waals surface area contributed by atoms with Crippen LogP contribution < -0.4 is 4.90 Å². The average Bonchev–Trinajstić information content (AvgIpc) is 2.69. The minimum atomic E-state index is -0.147. The maximum Gasteiger partial charge on any atom is 0.274 e. The smallest absolute Gasteiger partial charge is 0.274 e. The summed E-state index contributed by atoms with van der Waals surface area (Å²) in [4.78, 5) is 17.0. The molecular weight excluding hydrogens is 295 g/mol. The second-order valence-corrected chi connectivity index (χ2v) is 5.53. The van der Waals surface area contributed by atoms with Gasteiger partial charge in [-0.05, 0) is 50.1 Å². The summed E-state index contributed by atoms with van der Waals surface area (Å²) in [6.07, 6.45) is 0. The molecule has 1 N–H and O–H groups in total. The van der Waals surface area contributed by atoms with Crippen molar-refractivity contribution in [2.45, 2.75) is 20.8 Å². The molecule has 0 aliphatic rings. The first kappa shape index (κ1) is 14.9. The van der Waals surface area contributed by atoms with Gasteiger partial charge in [0.1, 0.15) is 10.8 Å². The van der Waals surface area contributed by atoms with Crippen LogP contribution in [0.5, 0.6) is 0 Å². The van der Waals surface area contributed by atoms with E-state index >= 15 is 0 Å². The molecule has 2 rings (SSSR count). The molecule has 1 amide bonds. The van der Waals surface area contributed by atoms with Crippen LogP contribution in [0.1, 0.15) is 28.5 Å². The Kier molecular flexibility index (Phi) is 4.41. The Bertz CT molecular complexity index is 610. The van der Waals surface area contributed by atoms with Crippen LogP contribution in [0.4, 0.5) is 5.69 Å². The molecule has 0 atom stereocenters. The third-order valence-electron chi connectivity index (χ3n) is 3.04. The highest BCUT2D eigenvalue weighted by molar-refractivity contribution is 6.41. The highest BCUT2D eigenvalue weighted by Crippen LogP contribution is 2.25. The summed E-state index contributed by atoms with van der Waals surface area (Å²) in [5.41, 5.74) is 3.50. The summed E-state index contributed by atoms with van der Waals surface area (Å²) in [7, 11) is 0. The number of aromatic nitrogens is 1. The van der Waals surface area contributed by atoms with E-state index in [9.17, 15) is 4.79 Å². The number of rotatable bonds is 3. The lowest BCUT2D eigenvalue weighted by Gasteiger charge is -2.21. The lowest BCUT2D eigenvalue weighted by Crippen LogP contribution is -2.31. The Hall–Kier alpha value is -1.45. The Labute approximate surface area is 128 Å². The molecule has 0 saturated carbocycles. The second kappa shape index (κ2) is 5.90. The van der Waals surface area contributed by atoms with E-state index in [1.807, 2.05) is 32.9 Å². The van der Waals surface area contributed by atoms with Gasteiger partial charge in [0.15, 0.2) is 0 Å². The number of hydrogen-bond donors (Lipinski definition) is 1. The third kappa shape index (κ3) is 3.00. The fourth-order valence-electron chi connectivity index (χ4n) is 2.21. The third-order valence-corrected chi connectivity index (χ3v) is 3.73. The largest absolute Gasteiger partial charge is 0.340 e. The molecule has 0 saturated heterocycles. The molecule has 0 unspecified atom stereocenters. The van der Waals surface area contributed by atoms with E-state index in [0.717, 1.165) is 16.8 Å². The number of H-pyrrole nitrogens is 1. The average molecular weight is 311 g/mol. The summed E-state index contributed by atoms with van der Waals surface area (Å²) < 4.78 is 0. The van der Waals surface area contributed by atoms with Crippen LogP contribution in [0.3, 0.4) is 0 Å². The van der Waals surface area contributed by atoms with Gasteiger partial charge in [0.05, 0.1) is 5.02 Å². The van der Waals surface area contributed by atoms with Crippen LogP contribution in [0, 0.1) is 13.8 Å². The fraction of sp³-hybridized carbons (Fsp3) is 0.267. The van der Waals surface area contributed by atoms with Crippen molar-refractivity contribution in [2.24, 2.45) is 0 Å². The molecule has 20 heavy (non-hydrogen) atoms. The van der Waals surface area contributed by atoms with Gasteiger partial charge in [-0.25, -0.2) is 0 Å². The van der Waals surface area contributed by atoms with Gasteiger partial charge in [-0.3, -0.25) is 4.79 Å². The SMILES string of the molecule is CCN(C(=O)c1cc(Cl)c(Cl)[nH]1)c1cc(C)cc(C)c1. The monoisotopic (exact) mass is 310 g/mol. The Balaban J connectivity index is 2.38. The molecule has 3 nitrogen and oxygen atoms in total. The van der Waals surface area contributed by atoms with Gasteiger partial charge in [-0.15, -0.1) is 0 Å². The van der Waals surface area contributed by atoms with Crippen molar-refractivity contribution >= 4 is 34.8 Å². The molecule has 2 aromatic rings. The van der Waals surface area contributed by atoms with Gasteiger partial charge in [0.2, 0.25) is 0 Å². The molecule has 0 fully saturated rings. The van der Waals surface area contributed by atoms with Crippen molar-refractivity contribution in [1.29, 1.82) is 0 Å². The van der Waals surface area contributed by atoms with E-state index in [-0.39, 0.29) is 11.1 Å². The lowest BCUT2D eigenvalue weighted by atomic mass is 10.1. The van der Waals surface area contributed by atoms with E-state index in [1.165, 1.54) is 0 Å². The van der Waals surface area contributed by atoms with E-state index in [0.29, 0.717) is 17.3 Å². The molecule has 0 aliphatic carbocycles. The zero-order chi connectivity index (χ0) is 14.9. The highest BCUT2D eigenvalue weighted by Gasteiger charge is 2.19. The minimum Gasteiger partial charge on any atom is -0.340 e. The Morgan fingerprint density at radius 1 is 1.15 bits per heavy atom. The van der Waals surface area contributed by atoms with Crippen molar-refractivity contribution < 1.29 is 4.79 Å². The first-order valence-corrected chi connectivity index (χ1v) is 7.12. The van der Waals surface area contributed by atoms with Gasteiger partial charge in [0, 0.05) is 12.2 Å². The number of nitrogens with one attached hydrogen (secondary N) is 1. The van der Waals surface area contributed by atoms with Crippen molar-refractivity contribution in [2.75, 3.05) is 11.4 Å². The molecule has 5 heteroatoms. The molecule has 0 spiro atoms. The molecule has 106 valence electrons. The minimum absolute atomic E-state index is 0.147. The van der Waals surface area contributed by atoms with Crippen LogP contribution in [0.25, 0.3) is 0 Å². The van der Waals surface area contributed by atoms with E-state index in [2.05, 4.69) is 11.1 Å². The summed E-state index contributed by atoms with van der Waals surface area (Å²) in [6, 6.07) is 7.60. The molecule has 1 heterocycles. The van der Waals surface area contributed by atoms with Gasteiger partial charge < -0.3 is 9.88 Å². The topological polar surface area (TPSA) is 36.1 Å². The number of carbonyl (C=O) groups is 1. The standard InChI is InChI=1S/C15H16Cl2N2O/c1-4-19(11-6-9(2)5-10(3)7-11)15(20)13-8-12(16)14(17)18-13/h5-8,18H,4H2,1-3H3. The predicted octanol–water partition coefficient (Wildman–Crippen LogP) is 4.61. The van der Waals surface area contributed by atoms with E-state index in [4.69, 9.17) is 23.2 Å². The molecule has 0 radical (unpaired) electrons. The number of aromatic amines is 1. The molecule has 1 aromatic heterocycles. The highest BCUT2D eigenvalue weighted by atomic mass is 35.5. The number of amides is 1. The number of hydrogen-bond acceptors (Lipinski definition) is 1. The van der Waals surface area contributed by atoms with Crippen molar-refractivity contribution in [3.05, 3.63) is 51.3 Å². The number of aryl methyl sites for hydroxylation is 2. The number of nitrogens with zero attached hydrogens (tertiary/aromatic N) is 1. The number of halogens is 2. The van der Waals surface area contributed by atoms with Crippen LogP contribution >= 0.6 is 23.2 Å². The number of anilines is 1. The van der Waals surface area contributed by atoms with Crippen LogP contribution in [0.15, 0.2) is 24.3 Å². The lowest BCUT2D eigenvalue weighted by molar-refractivity contribution is 0.0984. The predicted molar refractivity (Wildman–Crippen MR) is 84.1 cm³/mol. The summed E-state index contributed by atoms with van der Waals surface area (Å²) in [5.74, 6) is -0.147. The van der Waals surface area contributed by atoms with Crippen LogP contribution in [-0.2, 0) is 0 Å². The summed E-state index contributed by atoms with van der Waals surface area (Å²) in [5, 5.41) is 0.637. The van der Waals surface area contributed by atoms with Gasteiger partial charge in [-0.1, -0.05) is 29.3 Å². The molecule has 0 aliphatic heterocycles. The molecule has 1 aromatic carbocycles. The summed E-state index contributed by atoms with van der Waals surface area (Å²) >= 11 is 11.7. The normalized spacial score (nSPS) is 10.7. The van der Waals surface area contributed by atoms with Gasteiger partial charge >= 0.3 is 0 Å². The summed E-state index contributed by atoms with van der Waals surface area (Å²) in [6.45, 7) is 6.52. The van der Waals surface area contributed by atoms with Crippen molar-refractivity contribution in [3.63, 3.8) is 0 Å². The van der Waals surface area contributed by atoms with Gasteiger partial charge in [0.25, 0.3) is 5.91 Å². The van der Waals surface area contributed by atoms with Crippen molar-refractivity contribution in [1.82, 2.24) is 4.98 Å². The zero-order valence-corrected chi connectivity index (χ0v) is 13.1. The Morgan fingerprint density at radius 2 is 1.75 bits per heavy atom. The van der Waals surface area contributed by atoms with E-state index in [1.54, 1.807) is 11.0 Å². The maximum absolute atomic E-state index is 12.5. The second-order valence-electron chi connectivity index (χ2n) is 4.74. The fourth-order valence-corrected chi connectivity index (χ4v) is 2.53. The number of carbonyl (C=O) groups excluding carboxylic acids is 1. The zero-order valence-electron chi connectivity index (χ0n) is 11.6. The van der Waals surface area contributed by atoms with Crippen molar-refractivity contribution in [3.8, 4) is 0 Å². The first-order valence-electron chi connectivity index (χ1n) is 6.36. The van der Waals surface area contributed by atoms with Gasteiger partial charge in [-0.2, -0.15) is 0 Å². The quantitative estimate of drug-likeness (QED) is 0.883. The van der Waals surface area contributed by atoms with Crippen LogP contribution in [0.2, 0.25) is 10.2 Å². The number of benzene rings is 1. The molecule has 0 bridgehead atoms. The molecular formula is C15H16Cl2N2O. The Morgan fingerprint density at radius 3 is 2.20 bits per heavy atom. The van der Waals surface area contributed by atoms with E-state index < -0.39 is 0 Å². The van der Waals surface area contributed by atoms with Crippen LogP contribution in [-0.4, -0.2) is 17.4 Å². The first-order chi connectivity index (χ1) is 9.42. The maximum atomic E-state index is 12.5.